The Morgan fingerprint density at radius 1 is 1.30 bits per heavy atom. The Bertz CT molecular complexity index is 841. The molecule has 0 bridgehead atoms. The number of amidine groups is 1. The van der Waals surface area contributed by atoms with E-state index in [0.29, 0.717) is 12.2 Å². The average Bonchev–Trinajstić information content (AvgIpc) is 3.02. The zero-order chi connectivity index (χ0) is 19.4. The fraction of sp³-hybridized carbons (Fsp3) is 0.381. The summed E-state index contributed by atoms with van der Waals surface area (Å²) in [6.45, 7) is 6.82. The summed E-state index contributed by atoms with van der Waals surface area (Å²) in [5.41, 5.74) is 2.55. The number of rotatable bonds is 6. The van der Waals surface area contributed by atoms with Crippen molar-refractivity contribution in [2.75, 3.05) is 6.54 Å². The van der Waals surface area contributed by atoms with Crippen LogP contribution in [0.15, 0.2) is 47.6 Å². The predicted octanol–water partition coefficient (Wildman–Crippen LogP) is 2.12. The van der Waals surface area contributed by atoms with Crippen molar-refractivity contribution in [3.05, 3.63) is 65.0 Å². The van der Waals surface area contributed by atoms with Crippen LogP contribution in [0.4, 0.5) is 0 Å². The Hall–Kier alpha value is -2.73. The van der Waals surface area contributed by atoms with Crippen molar-refractivity contribution in [2.24, 2.45) is 4.99 Å². The third kappa shape index (κ3) is 4.52. The van der Waals surface area contributed by atoms with E-state index in [9.17, 15) is 9.90 Å². The van der Waals surface area contributed by atoms with Crippen molar-refractivity contribution in [2.45, 2.75) is 45.4 Å². The molecule has 1 amide bonds. The number of aliphatic hydroxyl groups is 1. The van der Waals surface area contributed by atoms with Gasteiger partial charge in [-0.25, -0.2) is 0 Å². The number of amides is 1. The molecule has 1 aromatic carbocycles. The zero-order valence-electron chi connectivity index (χ0n) is 16.0. The number of fused-ring (bicyclic) bond motifs is 1. The molecule has 0 unspecified atom stereocenters. The van der Waals surface area contributed by atoms with Crippen molar-refractivity contribution in [1.82, 2.24) is 15.6 Å². The Kier molecular flexibility index (Phi) is 5.56. The number of aliphatic imine (C=N–C) groups is 1. The fourth-order valence-corrected chi connectivity index (χ4v) is 3.25. The minimum absolute atomic E-state index is 0.156. The number of nitrogens with zero attached hydrogens (tertiary/aromatic N) is 2. The summed E-state index contributed by atoms with van der Waals surface area (Å²) in [7, 11) is 0. The summed E-state index contributed by atoms with van der Waals surface area (Å²) in [4.78, 5) is 21.5. The lowest BCUT2D eigenvalue weighted by molar-refractivity contribution is -0.123. The number of nitrogens with one attached hydrogen (secondary N) is 2. The van der Waals surface area contributed by atoms with Crippen molar-refractivity contribution in [3.8, 4) is 0 Å². The molecule has 0 saturated heterocycles. The van der Waals surface area contributed by atoms with Crippen molar-refractivity contribution in [3.63, 3.8) is 0 Å². The maximum atomic E-state index is 12.6. The first-order chi connectivity index (χ1) is 12.9. The molecule has 27 heavy (non-hydrogen) atoms. The highest BCUT2D eigenvalue weighted by Crippen LogP contribution is 2.25. The summed E-state index contributed by atoms with van der Waals surface area (Å²) >= 11 is 0. The quantitative estimate of drug-likeness (QED) is 0.731. The SMILES string of the molecule is CCNC1=NCc2cc(CC(=O)N[C@@H](c3ccccc3)C(C)(C)O)ncc21. The number of hydrogen-bond donors (Lipinski definition) is 3. The minimum Gasteiger partial charge on any atom is -0.388 e. The fourth-order valence-electron chi connectivity index (χ4n) is 3.25. The van der Waals surface area contributed by atoms with E-state index in [1.165, 1.54) is 0 Å². The van der Waals surface area contributed by atoms with Crippen molar-refractivity contribution < 1.29 is 9.90 Å². The molecule has 6 nitrogen and oxygen atoms in total. The monoisotopic (exact) mass is 366 g/mol. The molecule has 1 aromatic heterocycles. The van der Waals surface area contributed by atoms with E-state index in [1.54, 1.807) is 20.0 Å². The van der Waals surface area contributed by atoms with Crippen LogP contribution in [-0.4, -0.2) is 34.0 Å². The average molecular weight is 366 g/mol. The number of pyridine rings is 1. The lowest BCUT2D eigenvalue weighted by Gasteiger charge is -2.30. The molecule has 2 aromatic rings. The highest BCUT2D eigenvalue weighted by molar-refractivity contribution is 6.01. The third-order valence-electron chi connectivity index (χ3n) is 4.54. The molecule has 3 rings (SSSR count). The maximum Gasteiger partial charge on any atom is 0.226 e. The van der Waals surface area contributed by atoms with Crippen LogP contribution in [0, 0.1) is 0 Å². The van der Waals surface area contributed by atoms with Crippen LogP contribution in [0.1, 0.15) is 49.2 Å². The van der Waals surface area contributed by atoms with Crippen LogP contribution in [0.2, 0.25) is 0 Å². The van der Waals surface area contributed by atoms with Gasteiger partial charge in [0.1, 0.15) is 5.84 Å². The molecule has 142 valence electrons. The van der Waals surface area contributed by atoms with Gasteiger partial charge in [-0.1, -0.05) is 30.3 Å². The van der Waals surface area contributed by atoms with E-state index < -0.39 is 11.6 Å². The summed E-state index contributed by atoms with van der Waals surface area (Å²) in [6.07, 6.45) is 1.93. The number of aromatic nitrogens is 1. The molecule has 0 aliphatic carbocycles. The van der Waals surface area contributed by atoms with E-state index in [4.69, 9.17) is 0 Å². The van der Waals surface area contributed by atoms with Gasteiger partial charge in [0.05, 0.1) is 30.3 Å². The molecule has 1 atom stereocenters. The van der Waals surface area contributed by atoms with E-state index in [0.717, 1.165) is 29.1 Å². The first kappa shape index (κ1) is 19.0. The van der Waals surface area contributed by atoms with Crippen molar-refractivity contribution >= 4 is 11.7 Å². The second kappa shape index (κ2) is 7.88. The van der Waals surface area contributed by atoms with Crippen LogP contribution in [0.25, 0.3) is 0 Å². The van der Waals surface area contributed by atoms with Gasteiger partial charge in [-0.3, -0.25) is 14.8 Å². The number of carbonyl (C=O) groups is 1. The van der Waals surface area contributed by atoms with Gasteiger partial charge in [0, 0.05) is 18.3 Å². The Morgan fingerprint density at radius 3 is 2.70 bits per heavy atom. The van der Waals surface area contributed by atoms with Gasteiger partial charge in [0.2, 0.25) is 5.91 Å². The van der Waals surface area contributed by atoms with Gasteiger partial charge in [0.15, 0.2) is 0 Å². The predicted molar refractivity (Wildman–Crippen MR) is 105 cm³/mol. The highest BCUT2D eigenvalue weighted by atomic mass is 16.3. The molecule has 2 heterocycles. The molecule has 0 radical (unpaired) electrons. The summed E-state index contributed by atoms with van der Waals surface area (Å²) < 4.78 is 0. The molecule has 0 saturated carbocycles. The van der Waals surface area contributed by atoms with Gasteiger partial charge >= 0.3 is 0 Å². The number of benzene rings is 1. The minimum atomic E-state index is -1.09. The van der Waals surface area contributed by atoms with Gasteiger partial charge in [0.25, 0.3) is 0 Å². The lowest BCUT2D eigenvalue weighted by atomic mass is 9.91. The normalized spacial score (nSPS) is 14.3. The zero-order valence-corrected chi connectivity index (χ0v) is 16.0. The molecule has 0 fully saturated rings. The number of carbonyl (C=O) groups excluding carboxylic acids is 1. The van der Waals surface area contributed by atoms with Crippen LogP contribution < -0.4 is 10.6 Å². The molecule has 1 aliphatic rings. The van der Waals surface area contributed by atoms with Gasteiger partial charge in [-0.15, -0.1) is 0 Å². The Morgan fingerprint density at radius 2 is 2.04 bits per heavy atom. The second-order valence-electron chi connectivity index (χ2n) is 7.27. The van der Waals surface area contributed by atoms with E-state index in [1.807, 2.05) is 43.3 Å². The number of hydrogen-bond acceptors (Lipinski definition) is 5. The molecular formula is C21H26N4O2. The first-order valence-corrected chi connectivity index (χ1v) is 9.21. The second-order valence-corrected chi connectivity index (χ2v) is 7.27. The molecule has 6 heteroatoms. The van der Waals surface area contributed by atoms with Crippen LogP contribution in [0.5, 0.6) is 0 Å². The van der Waals surface area contributed by atoms with E-state index in [2.05, 4.69) is 20.6 Å². The van der Waals surface area contributed by atoms with Crippen LogP contribution in [0.3, 0.4) is 0 Å². The topological polar surface area (TPSA) is 86.6 Å². The molecule has 1 aliphatic heterocycles. The van der Waals surface area contributed by atoms with Gasteiger partial charge in [-0.05, 0) is 38.0 Å². The lowest BCUT2D eigenvalue weighted by Crippen LogP contribution is -2.42. The Labute approximate surface area is 159 Å². The van der Waals surface area contributed by atoms with Crippen molar-refractivity contribution in [1.29, 1.82) is 0 Å². The summed E-state index contributed by atoms with van der Waals surface area (Å²) in [5.74, 6) is 0.687. The molecule has 3 N–H and O–H groups in total. The molecular weight excluding hydrogens is 340 g/mol. The summed E-state index contributed by atoms with van der Waals surface area (Å²) in [5, 5.41) is 16.7. The largest absolute Gasteiger partial charge is 0.388 e. The van der Waals surface area contributed by atoms with E-state index in [-0.39, 0.29) is 12.3 Å². The third-order valence-corrected chi connectivity index (χ3v) is 4.54. The highest BCUT2D eigenvalue weighted by Gasteiger charge is 2.30. The Balaban J connectivity index is 1.70. The van der Waals surface area contributed by atoms with Gasteiger partial charge in [-0.2, -0.15) is 0 Å². The smallest absolute Gasteiger partial charge is 0.226 e. The summed E-state index contributed by atoms with van der Waals surface area (Å²) in [6, 6.07) is 10.9. The van der Waals surface area contributed by atoms with Gasteiger partial charge < -0.3 is 15.7 Å². The first-order valence-electron chi connectivity index (χ1n) is 9.21. The standard InChI is InChI=1S/C21H26N4O2/c1-4-22-20-17-13-23-16(10-15(17)12-24-20)11-18(26)25-19(21(2,3)27)14-8-6-5-7-9-14/h5-10,13,19,27H,4,11-12H2,1-3H3,(H,22,24)(H,25,26)/t19-/m0/s1. The van der Waals surface area contributed by atoms with Crippen LogP contribution >= 0.6 is 0 Å². The van der Waals surface area contributed by atoms with E-state index >= 15 is 0 Å². The molecule has 0 spiro atoms. The maximum absolute atomic E-state index is 12.6. The van der Waals surface area contributed by atoms with Crippen LogP contribution in [-0.2, 0) is 17.8 Å².